The molecule has 2 aromatic rings. The summed E-state index contributed by atoms with van der Waals surface area (Å²) in [5.41, 5.74) is 3.47. The number of aryl methyl sites for hydroxylation is 1. The summed E-state index contributed by atoms with van der Waals surface area (Å²) in [5, 5.41) is 9.48. The molecule has 1 unspecified atom stereocenters. The molecule has 0 aromatic heterocycles. The van der Waals surface area contributed by atoms with E-state index in [-0.39, 0.29) is 5.91 Å². The molecule has 1 atom stereocenters. The van der Waals surface area contributed by atoms with Crippen LogP contribution in [0.3, 0.4) is 0 Å². The van der Waals surface area contributed by atoms with Crippen molar-refractivity contribution in [3.8, 4) is 6.07 Å². The highest BCUT2D eigenvalue weighted by atomic mass is 16.2. The lowest BCUT2D eigenvalue weighted by Crippen LogP contribution is -2.31. The van der Waals surface area contributed by atoms with E-state index in [0.29, 0.717) is 5.56 Å². The summed E-state index contributed by atoms with van der Waals surface area (Å²) in [4.78, 5) is 14.2. The van der Waals surface area contributed by atoms with E-state index in [4.69, 9.17) is 0 Å². The number of fused-ring (bicyclic) bond motifs is 1. The Hall–Kier alpha value is -2.86. The predicted octanol–water partition coefficient (Wildman–Crippen LogP) is 3.69. The summed E-state index contributed by atoms with van der Waals surface area (Å²) >= 11 is 0. The van der Waals surface area contributed by atoms with E-state index in [1.807, 2.05) is 55.5 Å². The number of hydrogen-bond donors (Lipinski definition) is 0. The lowest BCUT2D eigenvalue weighted by atomic mass is 9.96. The van der Waals surface area contributed by atoms with Gasteiger partial charge in [0, 0.05) is 11.8 Å². The highest BCUT2D eigenvalue weighted by molar-refractivity contribution is 5.96. The van der Waals surface area contributed by atoms with Crippen LogP contribution in [0.1, 0.15) is 33.1 Å². The van der Waals surface area contributed by atoms with Crippen LogP contribution in [0.4, 0.5) is 0 Å². The summed E-state index contributed by atoms with van der Waals surface area (Å²) in [7, 11) is 0. The molecule has 21 heavy (non-hydrogen) atoms. The molecule has 3 rings (SSSR count). The van der Waals surface area contributed by atoms with E-state index in [0.717, 1.165) is 16.7 Å². The normalized spacial score (nSPS) is 16.2. The Morgan fingerprint density at radius 3 is 2.76 bits per heavy atom. The molecule has 0 N–H and O–H groups in total. The second-order valence-electron chi connectivity index (χ2n) is 5.06. The minimum absolute atomic E-state index is 0.156. The van der Waals surface area contributed by atoms with Crippen molar-refractivity contribution in [3.63, 3.8) is 0 Å². The third-order valence-electron chi connectivity index (χ3n) is 3.61. The molecule has 0 saturated carbocycles. The molecule has 1 aliphatic heterocycles. The maximum Gasteiger partial charge on any atom is 0.259 e. The Bertz CT molecular complexity index is 771. The first kappa shape index (κ1) is 13.1. The maximum atomic E-state index is 12.7. The zero-order chi connectivity index (χ0) is 14.8. The SMILES string of the molecule is Cc1cccc(C(=O)N2C=Cc3ccccc3C2C#N)c1. The summed E-state index contributed by atoms with van der Waals surface area (Å²) in [6.07, 6.45) is 3.57. The van der Waals surface area contributed by atoms with Crippen LogP contribution >= 0.6 is 0 Å². The van der Waals surface area contributed by atoms with Gasteiger partial charge in [-0.1, -0.05) is 42.0 Å². The third kappa shape index (κ3) is 2.32. The van der Waals surface area contributed by atoms with Crippen LogP contribution in [0.5, 0.6) is 0 Å². The minimum atomic E-state index is -0.584. The van der Waals surface area contributed by atoms with Crippen molar-refractivity contribution >= 4 is 12.0 Å². The predicted molar refractivity (Wildman–Crippen MR) is 81.2 cm³/mol. The molecule has 3 nitrogen and oxygen atoms in total. The lowest BCUT2D eigenvalue weighted by Gasteiger charge is -2.28. The number of nitrogens with zero attached hydrogens (tertiary/aromatic N) is 2. The molecule has 1 aliphatic rings. The largest absolute Gasteiger partial charge is 0.294 e. The van der Waals surface area contributed by atoms with Gasteiger partial charge in [-0.25, -0.2) is 0 Å². The average molecular weight is 274 g/mol. The standard InChI is InChI=1S/C18H14N2O/c1-13-5-4-7-15(11-13)18(21)20-10-9-14-6-2-3-8-16(14)17(20)12-19/h2-11,17H,1H3. The van der Waals surface area contributed by atoms with Gasteiger partial charge in [-0.3, -0.25) is 9.69 Å². The zero-order valence-electron chi connectivity index (χ0n) is 11.7. The van der Waals surface area contributed by atoms with Gasteiger partial charge in [0.1, 0.15) is 6.04 Å². The quantitative estimate of drug-likeness (QED) is 0.796. The highest BCUT2D eigenvalue weighted by Gasteiger charge is 2.28. The summed E-state index contributed by atoms with van der Waals surface area (Å²) in [6.45, 7) is 1.94. The molecule has 3 heteroatoms. The van der Waals surface area contributed by atoms with Gasteiger partial charge in [0.05, 0.1) is 6.07 Å². The van der Waals surface area contributed by atoms with Crippen LogP contribution in [-0.2, 0) is 0 Å². The first-order valence-electron chi connectivity index (χ1n) is 6.77. The van der Waals surface area contributed by atoms with E-state index in [1.54, 1.807) is 12.3 Å². The Morgan fingerprint density at radius 2 is 2.00 bits per heavy atom. The van der Waals surface area contributed by atoms with Gasteiger partial charge in [-0.2, -0.15) is 5.26 Å². The van der Waals surface area contributed by atoms with E-state index >= 15 is 0 Å². The van der Waals surface area contributed by atoms with Crippen LogP contribution in [0, 0.1) is 18.3 Å². The van der Waals surface area contributed by atoms with Crippen molar-refractivity contribution in [2.45, 2.75) is 13.0 Å². The molecule has 102 valence electrons. The molecule has 0 fully saturated rings. The number of benzene rings is 2. The molecule has 0 aliphatic carbocycles. The van der Waals surface area contributed by atoms with Gasteiger partial charge in [-0.15, -0.1) is 0 Å². The van der Waals surface area contributed by atoms with Gasteiger partial charge in [0.15, 0.2) is 0 Å². The number of hydrogen-bond acceptors (Lipinski definition) is 2. The molecule has 0 bridgehead atoms. The van der Waals surface area contributed by atoms with Crippen molar-refractivity contribution in [2.75, 3.05) is 0 Å². The van der Waals surface area contributed by atoms with Gasteiger partial charge in [-0.05, 0) is 36.3 Å². The molecule has 2 aromatic carbocycles. The fourth-order valence-electron chi connectivity index (χ4n) is 2.55. The number of carbonyl (C=O) groups is 1. The van der Waals surface area contributed by atoms with Crippen LogP contribution in [0.25, 0.3) is 6.08 Å². The zero-order valence-corrected chi connectivity index (χ0v) is 11.7. The van der Waals surface area contributed by atoms with Gasteiger partial charge < -0.3 is 0 Å². The van der Waals surface area contributed by atoms with Crippen LogP contribution < -0.4 is 0 Å². The van der Waals surface area contributed by atoms with Crippen molar-refractivity contribution in [1.29, 1.82) is 5.26 Å². The number of amides is 1. The second-order valence-corrected chi connectivity index (χ2v) is 5.06. The van der Waals surface area contributed by atoms with Crippen molar-refractivity contribution in [1.82, 2.24) is 4.90 Å². The van der Waals surface area contributed by atoms with Crippen molar-refractivity contribution < 1.29 is 4.79 Å². The Morgan fingerprint density at radius 1 is 1.19 bits per heavy atom. The summed E-state index contributed by atoms with van der Waals surface area (Å²) in [5.74, 6) is -0.156. The van der Waals surface area contributed by atoms with Gasteiger partial charge in [0.25, 0.3) is 5.91 Å². The molecular formula is C18H14N2O. The summed E-state index contributed by atoms with van der Waals surface area (Å²) < 4.78 is 0. The minimum Gasteiger partial charge on any atom is -0.294 e. The number of nitriles is 1. The lowest BCUT2D eigenvalue weighted by molar-refractivity contribution is 0.0794. The van der Waals surface area contributed by atoms with E-state index in [2.05, 4.69) is 6.07 Å². The Kier molecular flexibility index (Phi) is 3.29. The van der Waals surface area contributed by atoms with Gasteiger partial charge >= 0.3 is 0 Å². The molecule has 1 amide bonds. The van der Waals surface area contributed by atoms with Gasteiger partial charge in [0.2, 0.25) is 0 Å². The molecule has 0 saturated heterocycles. The van der Waals surface area contributed by atoms with E-state index in [9.17, 15) is 10.1 Å². The van der Waals surface area contributed by atoms with Crippen molar-refractivity contribution in [3.05, 3.63) is 77.0 Å². The van der Waals surface area contributed by atoms with E-state index < -0.39 is 6.04 Å². The Balaban J connectivity index is 2.01. The fourth-order valence-corrected chi connectivity index (χ4v) is 2.55. The molecule has 0 spiro atoms. The van der Waals surface area contributed by atoms with Crippen molar-refractivity contribution in [2.24, 2.45) is 0 Å². The smallest absolute Gasteiger partial charge is 0.259 e. The van der Waals surface area contributed by atoms with E-state index in [1.165, 1.54) is 4.90 Å². The second kappa shape index (κ2) is 5.26. The average Bonchev–Trinajstić information content (AvgIpc) is 2.53. The fraction of sp³-hybridized carbons (Fsp3) is 0.111. The third-order valence-corrected chi connectivity index (χ3v) is 3.61. The summed E-state index contributed by atoms with van der Waals surface area (Å²) in [6, 6.07) is 16.7. The molecule has 1 heterocycles. The topological polar surface area (TPSA) is 44.1 Å². The maximum absolute atomic E-state index is 12.7. The first-order chi connectivity index (χ1) is 10.2. The monoisotopic (exact) mass is 274 g/mol. The first-order valence-corrected chi connectivity index (χ1v) is 6.77. The molecular weight excluding hydrogens is 260 g/mol. The highest BCUT2D eigenvalue weighted by Crippen LogP contribution is 2.30. The Labute approximate surface area is 123 Å². The number of carbonyl (C=O) groups excluding carboxylic acids is 1. The van der Waals surface area contributed by atoms with Crippen LogP contribution in [0.15, 0.2) is 54.7 Å². The van der Waals surface area contributed by atoms with Crippen LogP contribution in [0.2, 0.25) is 0 Å². The van der Waals surface area contributed by atoms with Crippen LogP contribution in [-0.4, -0.2) is 10.8 Å². The number of rotatable bonds is 1. The molecule has 0 radical (unpaired) electrons.